The van der Waals surface area contributed by atoms with Crippen LogP contribution in [0.2, 0.25) is 0 Å². The molecule has 0 amide bonds. The Morgan fingerprint density at radius 2 is 1.76 bits per heavy atom. The first-order chi connectivity index (χ1) is 10.3. The molecule has 1 aromatic carbocycles. The van der Waals surface area contributed by atoms with Crippen LogP contribution in [0, 0.1) is 0 Å². The first kappa shape index (κ1) is 13.7. The molecule has 2 heteroatoms. The van der Waals surface area contributed by atoms with Gasteiger partial charge in [0, 0.05) is 23.5 Å². The molecular weight excluding hydrogens is 256 g/mol. The van der Waals surface area contributed by atoms with Gasteiger partial charge in [-0.15, -0.1) is 0 Å². The SMILES string of the molecule is CC(CCCc1cccc2cccnc12)c1ccccn1. The van der Waals surface area contributed by atoms with E-state index in [1.807, 2.05) is 24.5 Å². The second kappa shape index (κ2) is 6.49. The Morgan fingerprint density at radius 3 is 2.62 bits per heavy atom. The molecule has 0 aliphatic carbocycles. The maximum Gasteiger partial charge on any atom is 0.0733 e. The van der Waals surface area contributed by atoms with E-state index in [1.54, 1.807) is 0 Å². The summed E-state index contributed by atoms with van der Waals surface area (Å²) >= 11 is 0. The van der Waals surface area contributed by atoms with Gasteiger partial charge in [-0.3, -0.25) is 9.97 Å². The predicted octanol–water partition coefficient (Wildman–Crippen LogP) is 4.76. The molecule has 3 rings (SSSR count). The van der Waals surface area contributed by atoms with Gasteiger partial charge in [0.15, 0.2) is 0 Å². The number of aryl methyl sites for hydroxylation is 1. The summed E-state index contributed by atoms with van der Waals surface area (Å²) in [5.74, 6) is 0.508. The maximum absolute atomic E-state index is 4.52. The van der Waals surface area contributed by atoms with Crippen molar-refractivity contribution in [3.8, 4) is 0 Å². The summed E-state index contributed by atoms with van der Waals surface area (Å²) in [7, 11) is 0. The summed E-state index contributed by atoms with van der Waals surface area (Å²) in [5, 5.41) is 1.23. The zero-order valence-electron chi connectivity index (χ0n) is 12.4. The van der Waals surface area contributed by atoms with Crippen LogP contribution in [0.4, 0.5) is 0 Å². The summed E-state index contributed by atoms with van der Waals surface area (Å²) in [6.45, 7) is 2.25. The van der Waals surface area contributed by atoms with Crippen LogP contribution in [0.25, 0.3) is 10.9 Å². The van der Waals surface area contributed by atoms with E-state index in [1.165, 1.54) is 16.6 Å². The van der Waals surface area contributed by atoms with E-state index >= 15 is 0 Å². The Labute approximate surface area is 125 Å². The van der Waals surface area contributed by atoms with E-state index in [4.69, 9.17) is 0 Å². The van der Waals surface area contributed by atoms with Crippen molar-refractivity contribution in [1.82, 2.24) is 9.97 Å². The molecule has 0 N–H and O–H groups in total. The Morgan fingerprint density at radius 1 is 0.905 bits per heavy atom. The smallest absolute Gasteiger partial charge is 0.0733 e. The molecule has 2 aromatic heterocycles. The lowest BCUT2D eigenvalue weighted by molar-refractivity contribution is 0.620. The van der Waals surface area contributed by atoms with E-state index in [0.717, 1.165) is 24.8 Å². The highest BCUT2D eigenvalue weighted by atomic mass is 14.7. The highest BCUT2D eigenvalue weighted by Crippen LogP contribution is 2.22. The highest BCUT2D eigenvalue weighted by molar-refractivity contribution is 5.81. The Kier molecular flexibility index (Phi) is 4.25. The number of aromatic nitrogens is 2. The maximum atomic E-state index is 4.52. The van der Waals surface area contributed by atoms with Gasteiger partial charge in [-0.1, -0.05) is 37.3 Å². The van der Waals surface area contributed by atoms with Crippen LogP contribution in [-0.2, 0) is 6.42 Å². The van der Waals surface area contributed by atoms with Gasteiger partial charge in [0.25, 0.3) is 0 Å². The van der Waals surface area contributed by atoms with Crippen molar-refractivity contribution in [2.75, 3.05) is 0 Å². The number of hydrogen-bond acceptors (Lipinski definition) is 2. The molecule has 0 aliphatic rings. The molecule has 21 heavy (non-hydrogen) atoms. The van der Waals surface area contributed by atoms with E-state index in [-0.39, 0.29) is 0 Å². The molecule has 0 saturated heterocycles. The molecule has 2 heterocycles. The van der Waals surface area contributed by atoms with Crippen molar-refractivity contribution in [1.29, 1.82) is 0 Å². The van der Waals surface area contributed by atoms with Gasteiger partial charge in [-0.05, 0) is 48.9 Å². The molecule has 1 atom stereocenters. The highest BCUT2D eigenvalue weighted by Gasteiger charge is 2.07. The largest absolute Gasteiger partial charge is 0.261 e. The van der Waals surface area contributed by atoms with E-state index in [9.17, 15) is 0 Å². The van der Waals surface area contributed by atoms with Crippen LogP contribution in [0.15, 0.2) is 60.9 Å². The topological polar surface area (TPSA) is 25.8 Å². The van der Waals surface area contributed by atoms with Gasteiger partial charge >= 0.3 is 0 Å². The Hall–Kier alpha value is -2.22. The van der Waals surface area contributed by atoms with Crippen LogP contribution >= 0.6 is 0 Å². The van der Waals surface area contributed by atoms with Crippen molar-refractivity contribution in [3.05, 3.63) is 72.2 Å². The van der Waals surface area contributed by atoms with Crippen LogP contribution in [0.5, 0.6) is 0 Å². The average molecular weight is 276 g/mol. The van der Waals surface area contributed by atoms with Gasteiger partial charge in [0.05, 0.1) is 5.52 Å². The average Bonchev–Trinajstić information content (AvgIpc) is 2.56. The number of hydrogen-bond donors (Lipinski definition) is 0. The number of nitrogens with zero attached hydrogens (tertiary/aromatic N) is 2. The van der Waals surface area contributed by atoms with Crippen LogP contribution < -0.4 is 0 Å². The molecule has 106 valence electrons. The Bertz CT molecular complexity index is 702. The summed E-state index contributed by atoms with van der Waals surface area (Å²) < 4.78 is 0. The molecule has 0 fully saturated rings. The number of fused-ring (bicyclic) bond motifs is 1. The van der Waals surface area contributed by atoms with Crippen molar-refractivity contribution in [2.24, 2.45) is 0 Å². The quantitative estimate of drug-likeness (QED) is 0.671. The fraction of sp³-hybridized carbons (Fsp3) is 0.263. The standard InChI is InChI=1S/C19H20N2/c1-15(18-12-2-3-13-20-18)7-4-8-16-9-5-10-17-11-6-14-21-19(16)17/h2-3,5-6,9-15H,4,7-8H2,1H3. The second-order valence-corrected chi connectivity index (χ2v) is 5.54. The third kappa shape index (κ3) is 3.27. The van der Waals surface area contributed by atoms with E-state index in [0.29, 0.717) is 5.92 Å². The molecule has 0 aliphatic heterocycles. The minimum Gasteiger partial charge on any atom is -0.261 e. The zero-order valence-corrected chi connectivity index (χ0v) is 12.4. The van der Waals surface area contributed by atoms with Gasteiger partial charge in [0.1, 0.15) is 0 Å². The molecule has 2 nitrogen and oxygen atoms in total. The fourth-order valence-corrected chi connectivity index (χ4v) is 2.78. The first-order valence-corrected chi connectivity index (χ1v) is 7.58. The minimum absolute atomic E-state index is 0.508. The first-order valence-electron chi connectivity index (χ1n) is 7.58. The van der Waals surface area contributed by atoms with Crippen molar-refractivity contribution >= 4 is 10.9 Å². The number of para-hydroxylation sites is 1. The van der Waals surface area contributed by atoms with Crippen LogP contribution in [0.1, 0.15) is 36.9 Å². The third-order valence-corrected chi connectivity index (χ3v) is 3.99. The van der Waals surface area contributed by atoms with E-state index in [2.05, 4.69) is 53.3 Å². The lowest BCUT2D eigenvalue weighted by Crippen LogP contribution is -1.98. The fourth-order valence-electron chi connectivity index (χ4n) is 2.78. The number of pyridine rings is 2. The molecule has 0 radical (unpaired) electrons. The third-order valence-electron chi connectivity index (χ3n) is 3.99. The molecule has 1 unspecified atom stereocenters. The number of rotatable bonds is 5. The van der Waals surface area contributed by atoms with Gasteiger partial charge < -0.3 is 0 Å². The Balaban J connectivity index is 1.65. The number of benzene rings is 1. The summed E-state index contributed by atoms with van der Waals surface area (Å²) in [4.78, 5) is 8.97. The predicted molar refractivity (Wildman–Crippen MR) is 87.3 cm³/mol. The summed E-state index contributed by atoms with van der Waals surface area (Å²) in [6, 6.07) is 16.7. The lowest BCUT2D eigenvalue weighted by Gasteiger charge is -2.11. The molecule has 3 aromatic rings. The lowest BCUT2D eigenvalue weighted by atomic mass is 9.97. The van der Waals surface area contributed by atoms with Crippen molar-refractivity contribution < 1.29 is 0 Å². The summed E-state index contributed by atoms with van der Waals surface area (Å²) in [6.07, 6.45) is 7.14. The van der Waals surface area contributed by atoms with Gasteiger partial charge in [-0.2, -0.15) is 0 Å². The van der Waals surface area contributed by atoms with Crippen molar-refractivity contribution in [2.45, 2.75) is 32.1 Å². The van der Waals surface area contributed by atoms with E-state index < -0.39 is 0 Å². The van der Waals surface area contributed by atoms with Crippen molar-refractivity contribution in [3.63, 3.8) is 0 Å². The molecule has 0 spiro atoms. The van der Waals surface area contributed by atoms with Crippen LogP contribution in [0.3, 0.4) is 0 Å². The second-order valence-electron chi connectivity index (χ2n) is 5.54. The summed E-state index contributed by atoms with van der Waals surface area (Å²) in [5.41, 5.74) is 3.68. The van der Waals surface area contributed by atoms with Crippen LogP contribution in [-0.4, -0.2) is 9.97 Å². The normalized spacial score (nSPS) is 12.4. The minimum atomic E-state index is 0.508. The zero-order chi connectivity index (χ0) is 14.5. The monoisotopic (exact) mass is 276 g/mol. The van der Waals surface area contributed by atoms with Gasteiger partial charge in [-0.25, -0.2) is 0 Å². The molecule has 0 bridgehead atoms. The molecular formula is C19H20N2. The molecule has 0 saturated carbocycles. The van der Waals surface area contributed by atoms with Gasteiger partial charge in [0.2, 0.25) is 0 Å².